The van der Waals surface area contributed by atoms with Crippen LogP contribution in [0, 0.1) is 5.82 Å². The first-order valence-corrected chi connectivity index (χ1v) is 9.24. The lowest BCUT2D eigenvalue weighted by molar-refractivity contribution is -0.132. The van der Waals surface area contributed by atoms with Crippen molar-refractivity contribution in [2.24, 2.45) is 0 Å². The van der Waals surface area contributed by atoms with Crippen molar-refractivity contribution in [2.75, 3.05) is 0 Å². The highest BCUT2D eigenvalue weighted by atomic mass is 19.1. The van der Waals surface area contributed by atoms with Gasteiger partial charge < -0.3 is 9.32 Å². The lowest BCUT2D eigenvalue weighted by atomic mass is 10.2. The number of aryl methyl sites for hydroxylation is 1. The van der Waals surface area contributed by atoms with E-state index in [9.17, 15) is 9.18 Å². The zero-order valence-corrected chi connectivity index (χ0v) is 15.0. The molecule has 1 fully saturated rings. The molecule has 0 bridgehead atoms. The molecule has 1 aromatic heterocycles. The van der Waals surface area contributed by atoms with Gasteiger partial charge in [-0.3, -0.25) is 4.79 Å². The number of carbonyl (C=O) groups is 1. The highest BCUT2D eigenvalue weighted by Crippen LogP contribution is 2.30. The molecule has 1 aliphatic carbocycles. The number of aromatic nitrogens is 1. The zero-order chi connectivity index (χ0) is 18.6. The standard InChI is InChI=1S/C22H21FN2O2/c23-19-9-5-4-8-17(19)15-25(18-10-11-18)22(26)13-12-21-24-14-20(27-21)16-6-2-1-3-7-16/h1-9,14,18H,10-13,15H2. The fourth-order valence-electron chi connectivity index (χ4n) is 3.14. The van der Waals surface area contributed by atoms with Crippen LogP contribution < -0.4 is 0 Å². The smallest absolute Gasteiger partial charge is 0.223 e. The van der Waals surface area contributed by atoms with Crippen LogP contribution in [0.15, 0.2) is 65.2 Å². The second-order valence-electron chi connectivity index (χ2n) is 6.83. The molecule has 27 heavy (non-hydrogen) atoms. The van der Waals surface area contributed by atoms with Crippen LogP contribution in [0.3, 0.4) is 0 Å². The molecule has 0 unspecified atom stereocenters. The Morgan fingerprint density at radius 2 is 1.85 bits per heavy atom. The Bertz CT molecular complexity index is 919. The minimum Gasteiger partial charge on any atom is -0.441 e. The normalized spacial score (nSPS) is 13.5. The van der Waals surface area contributed by atoms with Gasteiger partial charge in [-0.25, -0.2) is 9.37 Å². The third kappa shape index (κ3) is 4.25. The van der Waals surface area contributed by atoms with Crippen molar-refractivity contribution in [3.8, 4) is 11.3 Å². The number of hydrogen-bond donors (Lipinski definition) is 0. The molecule has 138 valence electrons. The highest BCUT2D eigenvalue weighted by Gasteiger charge is 2.32. The summed E-state index contributed by atoms with van der Waals surface area (Å²) in [5.74, 6) is 0.990. The van der Waals surface area contributed by atoms with E-state index in [1.165, 1.54) is 6.07 Å². The zero-order valence-electron chi connectivity index (χ0n) is 15.0. The van der Waals surface area contributed by atoms with Gasteiger partial charge in [-0.1, -0.05) is 48.5 Å². The lowest BCUT2D eigenvalue weighted by Crippen LogP contribution is -2.33. The Labute approximate surface area is 157 Å². The summed E-state index contributed by atoms with van der Waals surface area (Å²) < 4.78 is 19.7. The summed E-state index contributed by atoms with van der Waals surface area (Å²) in [6.07, 6.45) is 4.40. The molecule has 1 saturated carbocycles. The number of halogens is 1. The molecule has 3 aromatic rings. The molecule has 0 N–H and O–H groups in total. The van der Waals surface area contributed by atoms with Crippen LogP contribution in [0.1, 0.15) is 30.7 Å². The number of nitrogens with zero attached hydrogens (tertiary/aromatic N) is 2. The second-order valence-corrected chi connectivity index (χ2v) is 6.83. The number of oxazole rings is 1. The van der Waals surface area contributed by atoms with Crippen molar-refractivity contribution in [2.45, 2.75) is 38.3 Å². The minimum absolute atomic E-state index is 0.0141. The first-order chi connectivity index (χ1) is 13.2. The lowest BCUT2D eigenvalue weighted by Gasteiger charge is -2.22. The molecule has 4 rings (SSSR count). The number of rotatable bonds is 7. The number of hydrogen-bond acceptors (Lipinski definition) is 3. The third-order valence-corrected chi connectivity index (χ3v) is 4.77. The average Bonchev–Trinajstić information content (AvgIpc) is 3.43. The van der Waals surface area contributed by atoms with E-state index in [0.29, 0.717) is 36.6 Å². The Kier molecular flexibility index (Phi) is 5.01. The summed E-state index contributed by atoms with van der Waals surface area (Å²) in [5, 5.41) is 0. The predicted molar refractivity (Wildman–Crippen MR) is 100 cm³/mol. The van der Waals surface area contributed by atoms with Crippen molar-refractivity contribution in [3.63, 3.8) is 0 Å². The molecule has 5 heteroatoms. The number of amides is 1. The molecule has 0 aliphatic heterocycles. The van der Waals surface area contributed by atoms with E-state index in [1.54, 1.807) is 29.3 Å². The molecule has 0 atom stereocenters. The third-order valence-electron chi connectivity index (χ3n) is 4.77. The largest absolute Gasteiger partial charge is 0.441 e. The van der Waals surface area contributed by atoms with Crippen LogP contribution in [0.25, 0.3) is 11.3 Å². The molecule has 1 aliphatic rings. The molecule has 0 radical (unpaired) electrons. The van der Waals surface area contributed by atoms with Crippen LogP contribution in [-0.2, 0) is 17.8 Å². The van der Waals surface area contributed by atoms with Gasteiger partial charge in [-0.05, 0) is 18.9 Å². The van der Waals surface area contributed by atoms with Gasteiger partial charge in [0.1, 0.15) is 5.82 Å². The number of benzene rings is 2. The van der Waals surface area contributed by atoms with Crippen LogP contribution in [0.4, 0.5) is 4.39 Å². The van der Waals surface area contributed by atoms with E-state index >= 15 is 0 Å². The Balaban J connectivity index is 1.39. The Morgan fingerprint density at radius 1 is 1.11 bits per heavy atom. The SMILES string of the molecule is O=C(CCc1ncc(-c2ccccc2)o1)N(Cc1ccccc1F)C1CC1. The van der Waals surface area contributed by atoms with Crippen LogP contribution in [-0.4, -0.2) is 21.8 Å². The fourth-order valence-corrected chi connectivity index (χ4v) is 3.14. The summed E-state index contributed by atoms with van der Waals surface area (Å²) in [4.78, 5) is 18.8. The maximum atomic E-state index is 13.9. The van der Waals surface area contributed by atoms with Gasteiger partial charge in [-0.2, -0.15) is 0 Å². The van der Waals surface area contributed by atoms with Crippen LogP contribution >= 0.6 is 0 Å². The van der Waals surface area contributed by atoms with E-state index in [4.69, 9.17) is 4.42 Å². The Morgan fingerprint density at radius 3 is 2.59 bits per heavy atom. The quantitative estimate of drug-likeness (QED) is 0.615. The topological polar surface area (TPSA) is 46.3 Å². The van der Waals surface area contributed by atoms with Crippen LogP contribution in [0.2, 0.25) is 0 Å². The molecular weight excluding hydrogens is 343 g/mol. The van der Waals surface area contributed by atoms with Gasteiger partial charge in [0, 0.05) is 36.6 Å². The second kappa shape index (κ2) is 7.74. The summed E-state index contributed by atoms with van der Waals surface area (Å²) in [6.45, 7) is 0.316. The van der Waals surface area contributed by atoms with E-state index in [1.807, 2.05) is 30.3 Å². The molecule has 2 aromatic carbocycles. The van der Waals surface area contributed by atoms with E-state index in [-0.39, 0.29) is 17.8 Å². The molecule has 0 spiro atoms. The minimum atomic E-state index is -0.267. The van der Waals surface area contributed by atoms with Crippen molar-refractivity contribution in [1.29, 1.82) is 0 Å². The highest BCUT2D eigenvalue weighted by molar-refractivity contribution is 5.77. The summed E-state index contributed by atoms with van der Waals surface area (Å²) >= 11 is 0. The number of carbonyl (C=O) groups excluding carboxylic acids is 1. The summed E-state index contributed by atoms with van der Waals surface area (Å²) in [7, 11) is 0. The first-order valence-electron chi connectivity index (χ1n) is 9.24. The Hall–Kier alpha value is -2.95. The molecule has 1 amide bonds. The van der Waals surface area contributed by atoms with Gasteiger partial charge in [-0.15, -0.1) is 0 Å². The van der Waals surface area contributed by atoms with Gasteiger partial charge in [0.2, 0.25) is 5.91 Å². The summed E-state index contributed by atoms with van der Waals surface area (Å²) in [6, 6.07) is 16.6. The van der Waals surface area contributed by atoms with E-state index < -0.39 is 0 Å². The monoisotopic (exact) mass is 364 g/mol. The first kappa shape index (κ1) is 17.5. The molecular formula is C22H21FN2O2. The fraction of sp³-hybridized carbons (Fsp3) is 0.273. The van der Waals surface area contributed by atoms with Crippen LogP contribution in [0.5, 0.6) is 0 Å². The van der Waals surface area contributed by atoms with Crippen molar-refractivity contribution < 1.29 is 13.6 Å². The average molecular weight is 364 g/mol. The maximum Gasteiger partial charge on any atom is 0.223 e. The molecule has 4 nitrogen and oxygen atoms in total. The van der Waals surface area contributed by atoms with Gasteiger partial charge in [0.25, 0.3) is 0 Å². The van der Waals surface area contributed by atoms with E-state index in [2.05, 4.69) is 4.98 Å². The van der Waals surface area contributed by atoms with Gasteiger partial charge in [0.15, 0.2) is 11.7 Å². The van der Waals surface area contributed by atoms with Crippen molar-refractivity contribution in [3.05, 3.63) is 78.1 Å². The molecule has 1 heterocycles. The molecule has 0 saturated heterocycles. The van der Waals surface area contributed by atoms with Crippen molar-refractivity contribution >= 4 is 5.91 Å². The predicted octanol–water partition coefficient (Wildman–Crippen LogP) is 4.60. The van der Waals surface area contributed by atoms with Crippen molar-refractivity contribution in [1.82, 2.24) is 9.88 Å². The maximum absolute atomic E-state index is 13.9. The van der Waals surface area contributed by atoms with Gasteiger partial charge in [0.05, 0.1) is 6.20 Å². The van der Waals surface area contributed by atoms with Gasteiger partial charge >= 0.3 is 0 Å². The summed E-state index contributed by atoms with van der Waals surface area (Å²) in [5.41, 5.74) is 1.52. The van der Waals surface area contributed by atoms with E-state index in [0.717, 1.165) is 18.4 Å².